The number of thioether (sulfide) groups is 1. The largest absolute Gasteiger partial charge is 0.491 e. The Kier molecular flexibility index (Phi) is 6.66. The first-order valence-electron chi connectivity index (χ1n) is 7.07. The predicted molar refractivity (Wildman–Crippen MR) is 91.1 cm³/mol. The average molecular weight is 386 g/mol. The van der Waals surface area contributed by atoms with Gasteiger partial charge in [0.1, 0.15) is 5.75 Å². The van der Waals surface area contributed by atoms with E-state index in [1.165, 1.54) is 0 Å². The third-order valence-electron chi connectivity index (χ3n) is 2.79. The van der Waals surface area contributed by atoms with Crippen LogP contribution in [-0.4, -0.2) is 38.6 Å². The number of nitrogens with one attached hydrogen (secondary N) is 1. The molecule has 22 heavy (non-hydrogen) atoms. The molecule has 0 aliphatic heterocycles. The number of nitrogens with zero attached hydrogens (tertiary/aromatic N) is 4. The molecule has 0 spiro atoms. The minimum atomic E-state index is 0.166. The molecule has 0 unspecified atom stereocenters. The smallest absolute Gasteiger partial charge is 0.209 e. The van der Waals surface area contributed by atoms with Gasteiger partial charge in [0.2, 0.25) is 5.16 Å². The van der Waals surface area contributed by atoms with Crippen molar-refractivity contribution in [2.24, 2.45) is 7.05 Å². The first-order chi connectivity index (χ1) is 10.6. The third kappa shape index (κ3) is 5.26. The Hall–Kier alpha value is -1.12. The number of hydrogen-bond donors (Lipinski definition) is 1. The summed E-state index contributed by atoms with van der Waals surface area (Å²) in [4.78, 5) is 0. The fourth-order valence-corrected chi connectivity index (χ4v) is 2.99. The van der Waals surface area contributed by atoms with Crippen LogP contribution in [0.15, 0.2) is 27.8 Å². The number of aromatic nitrogens is 4. The highest BCUT2D eigenvalue weighted by molar-refractivity contribution is 9.10. The lowest BCUT2D eigenvalue weighted by atomic mass is 10.2. The van der Waals surface area contributed by atoms with Gasteiger partial charge in [-0.3, -0.25) is 0 Å². The molecule has 0 fully saturated rings. The first-order valence-corrected chi connectivity index (χ1v) is 8.85. The summed E-state index contributed by atoms with van der Waals surface area (Å²) in [6.07, 6.45) is 0.166. The number of halogens is 1. The quantitative estimate of drug-likeness (QED) is 0.556. The zero-order chi connectivity index (χ0) is 15.9. The van der Waals surface area contributed by atoms with Gasteiger partial charge in [-0.25, -0.2) is 4.68 Å². The molecule has 6 nitrogen and oxygen atoms in total. The molecule has 0 atom stereocenters. The van der Waals surface area contributed by atoms with Crippen LogP contribution in [0.5, 0.6) is 5.75 Å². The SMILES string of the molecule is CC(C)Oc1ccc(Br)cc1CNCCSc1nnnn1C. The van der Waals surface area contributed by atoms with E-state index in [1.807, 2.05) is 33.0 Å². The van der Waals surface area contributed by atoms with Crippen molar-refractivity contribution in [3.05, 3.63) is 28.2 Å². The molecule has 0 radical (unpaired) electrons. The molecule has 2 rings (SSSR count). The minimum Gasteiger partial charge on any atom is -0.491 e. The zero-order valence-electron chi connectivity index (χ0n) is 12.9. The van der Waals surface area contributed by atoms with Gasteiger partial charge in [0.15, 0.2) is 0 Å². The maximum Gasteiger partial charge on any atom is 0.209 e. The van der Waals surface area contributed by atoms with Gasteiger partial charge >= 0.3 is 0 Å². The van der Waals surface area contributed by atoms with Crippen LogP contribution >= 0.6 is 27.7 Å². The van der Waals surface area contributed by atoms with E-state index < -0.39 is 0 Å². The van der Waals surface area contributed by atoms with Crippen LogP contribution in [0.3, 0.4) is 0 Å². The molecule has 1 aromatic carbocycles. The fraction of sp³-hybridized carbons (Fsp3) is 0.500. The Morgan fingerprint density at radius 1 is 1.41 bits per heavy atom. The van der Waals surface area contributed by atoms with E-state index in [2.05, 4.69) is 42.8 Å². The molecule has 120 valence electrons. The number of tetrazole rings is 1. The van der Waals surface area contributed by atoms with Gasteiger partial charge in [-0.2, -0.15) is 0 Å². The minimum absolute atomic E-state index is 0.166. The predicted octanol–water partition coefficient (Wildman–Crippen LogP) is 2.64. The lowest BCUT2D eigenvalue weighted by Gasteiger charge is -2.15. The van der Waals surface area contributed by atoms with Crippen molar-refractivity contribution in [1.82, 2.24) is 25.5 Å². The van der Waals surface area contributed by atoms with Crippen molar-refractivity contribution in [2.45, 2.75) is 31.7 Å². The highest BCUT2D eigenvalue weighted by atomic mass is 79.9. The monoisotopic (exact) mass is 385 g/mol. The molecule has 0 aliphatic carbocycles. The van der Waals surface area contributed by atoms with E-state index in [4.69, 9.17) is 4.74 Å². The van der Waals surface area contributed by atoms with Crippen LogP contribution < -0.4 is 10.1 Å². The second-order valence-corrected chi connectivity index (χ2v) is 7.01. The molecule has 1 heterocycles. The average Bonchev–Trinajstić information content (AvgIpc) is 2.86. The van der Waals surface area contributed by atoms with Crippen LogP contribution in [0, 0.1) is 0 Å². The summed E-state index contributed by atoms with van der Waals surface area (Å²) in [5, 5.41) is 15.6. The molecule has 0 amide bonds. The van der Waals surface area contributed by atoms with Crippen LogP contribution in [0.4, 0.5) is 0 Å². The number of aryl methyl sites for hydroxylation is 1. The van der Waals surface area contributed by atoms with Gasteiger partial charge in [-0.05, 0) is 42.5 Å². The molecule has 1 N–H and O–H groups in total. The molecule has 0 aliphatic rings. The maximum atomic E-state index is 5.84. The first kappa shape index (κ1) is 17.2. The summed E-state index contributed by atoms with van der Waals surface area (Å²) in [7, 11) is 1.84. The van der Waals surface area contributed by atoms with Crippen LogP contribution in [0.1, 0.15) is 19.4 Å². The Balaban J connectivity index is 1.81. The van der Waals surface area contributed by atoms with Crippen molar-refractivity contribution in [3.8, 4) is 5.75 Å². The number of benzene rings is 1. The highest BCUT2D eigenvalue weighted by Gasteiger charge is 2.07. The van der Waals surface area contributed by atoms with Gasteiger partial charge in [0, 0.05) is 35.9 Å². The molecule has 0 bridgehead atoms. The summed E-state index contributed by atoms with van der Waals surface area (Å²) in [6.45, 7) is 5.69. The Morgan fingerprint density at radius 3 is 2.91 bits per heavy atom. The van der Waals surface area contributed by atoms with Gasteiger partial charge in [0.05, 0.1) is 6.10 Å². The summed E-state index contributed by atoms with van der Waals surface area (Å²) >= 11 is 5.14. The Morgan fingerprint density at radius 2 is 2.23 bits per heavy atom. The van der Waals surface area contributed by atoms with Crippen LogP contribution in [0.25, 0.3) is 0 Å². The third-order valence-corrected chi connectivity index (χ3v) is 4.30. The van der Waals surface area contributed by atoms with E-state index >= 15 is 0 Å². The second-order valence-electron chi connectivity index (χ2n) is 5.03. The molecule has 8 heteroatoms. The fourth-order valence-electron chi connectivity index (χ4n) is 1.84. The maximum absolute atomic E-state index is 5.84. The van der Waals surface area contributed by atoms with Gasteiger partial charge < -0.3 is 10.1 Å². The van der Waals surface area contributed by atoms with Crippen molar-refractivity contribution in [2.75, 3.05) is 12.3 Å². The molecule has 0 saturated heterocycles. The van der Waals surface area contributed by atoms with Crippen LogP contribution in [-0.2, 0) is 13.6 Å². The van der Waals surface area contributed by atoms with Crippen molar-refractivity contribution in [1.29, 1.82) is 0 Å². The second kappa shape index (κ2) is 8.50. The van der Waals surface area contributed by atoms with Crippen molar-refractivity contribution in [3.63, 3.8) is 0 Å². The van der Waals surface area contributed by atoms with E-state index in [9.17, 15) is 0 Å². The van der Waals surface area contributed by atoms with Gasteiger partial charge in [-0.1, -0.05) is 27.7 Å². The zero-order valence-corrected chi connectivity index (χ0v) is 15.3. The summed E-state index contributed by atoms with van der Waals surface area (Å²) < 4.78 is 8.57. The van der Waals surface area contributed by atoms with E-state index in [0.29, 0.717) is 0 Å². The topological polar surface area (TPSA) is 64.9 Å². The van der Waals surface area contributed by atoms with E-state index in [-0.39, 0.29) is 6.10 Å². The molecular weight excluding hydrogens is 366 g/mol. The molecule has 2 aromatic rings. The Labute approximate surface area is 143 Å². The van der Waals surface area contributed by atoms with Crippen molar-refractivity contribution >= 4 is 27.7 Å². The number of rotatable bonds is 8. The van der Waals surface area contributed by atoms with Gasteiger partial charge in [0.25, 0.3) is 0 Å². The van der Waals surface area contributed by atoms with Crippen LogP contribution in [0.2, 0.25) is 0 Å². The number of hydrogen-bond acceptors (Lipinski definition) is 6. The lowest BCUT2D eigenvalue weighted by Crippen LogP contribution is -2.18. The molecule has 1 aromatic heterocycles. The lowest BCUT2D eigenvalue weighted by molar-refractivity contribution is 0.239. The van der Waals surface area contributed by atoms with E-state index in [1.54, 1.807) is 16.4 Å². The summed E-state index contributed by atoms with van der Waals surface area (Å²) in [6, 6.07) is 6.09. The molecular formula is C14H20BrN5OS. The molecule has 0 saturated carbocycles. The van der Waals surface area contributed by atoms with E-state index in [0.717, 1.165) is 39.8 Å². The standard InChI is InChI=1S/C14H20BrN5OS/c1-10(2)21-13-5-4-12(15)8-11(13)9-16-6-7-22-14-17-18-19-20(14)3/h4-5,8,10,16H,6-7,9H2,1-3H3. The van der Waals surface area contributed by atoms with Gasteiger partial charge in [-0.15, -0.1) is 5.10 Å². The number of ether oxygens (including phenoxy) is 1. The van der Waals surface area contributed by atoms with Crippen molar-refractivity contribution < 1.29 is 4.74 Å². The highest BCUT2D eigenvalue weighted by Crippen LogP contribution is 2.24. The Bertz CT molecular complexity index is 605. The summed E-state index contributed by atoms with van der Waals surface area (Å²) in [5.41, 5.74) is 1.15. The normalized spacial score (nSPS) is 11.1. The summed E-state index contributed by atoms with van der Waals surface area (Å²) in [5.74, 6) is 1.83.